The zero-order chi connectivity index (χ0) is 18.1. The Hall–Kier alpha value is -2.91. The molecule has 4 rings (SSSR count). The van der Waals surface area contributed by atoms with Gasteiger partial charge in [-0.1, -0.05) is 5.92 Å². The zero-order valence-corrected chi connectivity index (χ0v) is 15.0. The van der Waals surface area contributed by atoms with Crippen molar-refractivity contribution >= 4 is 32.1 Å². The van der Waals surface area contributed by atoms with Gasteiger partial charge in [0.15, 0.2) is 9.84 Å². The molecule has 130 valence electrons. The van der Waals surface area contributed by atoms with E-state index in [1.807, 2.05) is 12.1 Å². The minimum Gasteiger partial charge on any atom is -0.340 e. The first-order valence-corrected chi connectivity index (χ1v) is 10.2. The van der Waals surface area contributed by atoms with Crippen molar-refractivity contribution in [3.05, 3.63) is 54.5 Å². The Morgan fingerprint density at radius 2 is 1.88 bits per heavy atom. The van der Waals surface area contributed by atoms with Gasteiger partial charge in [-0.25, -0.2) is 18.4 Å². The maximum absolute atomic E-state index is 11.5. The predicted octanol–water partition coefficient (Wildman–Crippen LogP) is 3.54. The summed E-state index contributed by atoms with van der Waals surface area (Å²) in [6.07, 6.45) is 7.08. The molecule has 2 heterocycles. The van der Waals surface area contributed by atoms with Gasteiger partial charge in [0.2, 0.25) is 0 Å². The highest BCUT2D eigenvalue weighted by Crippen LogP contribution is 2.28. The highest BCUT2D eigenvalue weighted by molar-refractivity contribution is 7.90. The topological polar surface area (TPSA) is 72.0 Å². The average molecular weight is 363 g/mol. The average Bonchev–Trinajstić information content (AvgIpc) is 3.44. The van der Waals surface area contributed by atoms with E-state index >= 15 is 0 Å². The number of aromatic nitrogens is 2. The highest BCUT2D eigenvalue weighted by Gasteiger charge is 2.18. The first kappa shape index (κ1) is 16.6. The fraction of sp³-hybridized carbons (Fsp3) is 0.200. The molecule has 0 amide bonds. The summed E-state index contributed by atoms with van der Waals surface area (Å²) < 4.78 is 23.1. The summed E-state index contributed by atoms with van der Waals surface area (Å²) in [6.45, 7) is 0. The first-order chi connectivity index (χ1) is 12.5. The maximum Gasteiger partial charge on any atom is 0.175 e. The lowest BCUT2D eigenvalue weighted by molar-refractivity contribution is 0.602. The van der Waals surface area contributed by atoms with Crippen LogP contribution >= 0.6 is 0 Å². The van der Waals surface area contributed by atoms with Crippen LogP contribution in [0.15, 0.2) is 53.7 Å². The van der Waals surface area contributed by atoms with Crippen LogP contribution in [0.5, 0.6) is 0 Å². The number of benzene rings is 1. The van der Waals surface area contributed by atoms with Crippen LogP contribution < -0.4 is 5.32 Å². The third-order valence-electron chi connectivity index (χ3n) is 4.17. The lowest BCUT2D eigenvalue weighted by atomic mass is 10.1. The third-order valence-corrected chi connectivity index (χ3v) is 5.30. The van der Waals surface area contributed by atoms with Crippen LogP contribution in [0.1, 0.15) is 18.5 Å². The van der Waals surface area contributed by atoms with Crippen molar-refractivity contribution in [3.63, 3.8) is 0 Å². The number of anilines is 2. The summed E-state index contributed by atoms with van der Waals surface area (Å²) >= 11 is 0. The summed E-state index contributed by atoms with van der Waals surface area (Å²) in [6, 6.07) is 10.4. The zero-order valence-electron chi connectivity index (χ0n) is 14.2. The van der Waals surface area contributed by atoms with E-state index in [-0.39, 0.29) is 4.90 Å². The Kier molecular flexibility index (Phi) is 4.09. The highest BCUT2D eigenvalue weighted by atomic mass is 32.2. The molecule has 26 heavy (non-hydrogen) atoms. The third kappa shape index (κ3) is 3.68. The van der Waals surface area contributed by atoms with Crippen LogP contribution in [0, 0.1) is 17.8 Å². The summed E-state index contributed by atoms with van der Waals surface area (Å²) in [4.78, 5) is 9.10. The van der Waals surface area contributed by atoms with Crippen LogP contribution in [0.25, 0.3) is 10.8 Å². The Bertz CT molecular complexity index is 1140. The minimum absolute atomic E-state index is 0.288. The van der Waals surface area contributed by atoms with E-state index in [0.717, 1.165) is 22.2 Å². The fourth-order valence-electron chi connectivity index (χ4n) is 2.56. The maximum atomic E-state index is 11.5. The van der Waals surface area contributed by atoms with Gasteiger partial charge in [0.05, 0.1) is 4.90 Å². The van der Waals surface area contributed by atoms with Gasteiger partial charge >= 0.3 is 0 Å². The number of hydrogen-bond donors (Lipinski definition) is 1. The molecule has 0 aliphatic heterocycles. The van der Waals surface area contributed by atoms with Gasteiger partial charge in [0, 0.05) is 41.0 Å². The molecule has 5 nitrogen and oxygen atoms in total. The molecule has 1 N–H and O–H groups in total. The molecule has 2 aromatic heterocycles. The van der Waals surface area contributed by atoms with E-state index in [1.54, 1.807) is 36.7 Å². The number of nitrogens with zero attached hydrogens (tertiary/aromatic N) is 2. The number of sulfone groups is 1. The standard InChI is InChI=1S/C20H17N3O2S/c1-26(24,25)17-7-5-16(6-8-17)23-20-12-18-15(13-22-20)10-11-21-19(18)9-4-14-2-3-14/h5-8,10-14H,2-3H2,1H3,(H,22,23). The van der Waals surface area contributed by atoms with E-state index in [4.69, 9.17) is 0 Å². The molecule has 0 spiro atoms. The molecule has 3 aromatic rings. The minimum atomic E-state index is -3.20. The monoisotopic (exact) mass is 363 g/mol. The second-order valence-corrected chi connectivity index (χ2v) is 8.43. The number of nitrogens with one attached hydrogen (secondary N) is 1. The molecular weight excluding hydrogens is 346 g/mol. The van der Waals surface area contributed by atoms with Crippen molar-refractivity contribution < 1.29 is 8.42 Å². The van der Waals surface area contributed by atoms with Crippen LogP contribution in [0.2, 0.25) is 0 Å². The van der Waals surface area contributed by atoms with E-state index in [9.17, 15) is 8.42 Å². The Morgan fingerprint density at radius 1 is 1.12 bits per heavy atom. The van der Waals surface area contributed by atoms with Crippen LogP contribution in [0.4, 0.5) is 11.5 Å². The molecule has 0 radical (unpaired) electrons. The molecule has 0 saturated heterocycles. The van der Waals surface area contributed by atoms with Gasteiger partial charge in [-0.2, -0.15) is 0 Å². The number of rotatable bonds is 3. The van der Waals surface area contributed by atoms with Crippen molar-refractivity contribution in [1.82, 2.24) is 9.97 Å². The summed E-state index contributed by atoms with van der Waals surface area (Å²) in [5.41, 5.74) is 1.52. The predicted molar refractivity (Wildman–Crippen MR) is 102 cm³/mol. The normalized spacial score (nSPS) is 13.9. The number of pyridine rings is 2. The molecule has 1 aliphatic carbocycles. The van der Waals surface area contributed by atoms with Gasteiger partial charge in [-0.05, 0) is 55.2 Å². The van der Waals surface area contributed by atoms with Gasteiger partial charge in [-0.3, -0.25) is 0 Å². The second-order valence-electron chi connectivity index (χ2n) is 6.42. The summed E-state index contributed by atoms with van der Waals surface area (Å²) in [5.74, 6) is 7.60. The largest absolute Gasteiger partial charge is 0.340 e. The smallest absolute Gasteiger partial charge is 0.175 e. The van der Waals surface area contributed by atoms with Crippen molar-refractivity contribution in [2.24, 2.45) is 5.92 Å². The van der Waals surface area contributed by atoms with Crippen LogP contribution in [-0.2, 0) is 9.84 Å². The number of hydrogen-bond acceptors (Lipinski definition) is 5. The van der Waals surface area contributed by atoms with Crippen molar-refractivity contribution in [3.8, 4) is 11.8 Å². The van der Waals surface area contributed by atoms with E-state index < -0.39 is 9.84 Å². The molecule has 1 saturated carbocycles. The SMILES string of the molecule is CS(=O)(=O)c1ccc(Nc2cc3c(C#CC4CC4)nccc3cn2)cc1. The molecule has 1 aliphatic rings. The van der Waals surface area contributed by atoms with E-state index in [2.05, 4.69) is 27.1 Å². The van der Waals surface area contributed by atoms with Crippen LogP contribution in [0.3, 0.4) is 0 Å². The second kappa shape index (κ2) is 6.43. The Balaban J connectivity index is 1.64. The molecule has 0 atom stereocenters. The van der Waals surface area contributed by atoms with Gasteiger partial charge < -0.3 is 5.32 Å². The first-order valence-electron chi connectivity index (χ1n) is 8.32. The summed E-state index contributed by atoms with van der Waals surface area (Å²) in [5, 5.41) is 5.13. The Labute approximate surface area is 152 Å². The summed E-state index contributed by atoms with van der Waals surface area (Å²) in [7, 11) is -3.20. The Morgan fingerprint density at radius 3 is 2.58 bits per heavy atom. The van der Waals surface area contributed by atoms with E-state index in [1.165, 1.54) is 19.1 Å². The fourth-order valence-corrected chi connectivity index (χ4v) is 3.20. The van der Waals surface area contributed by atoms with E-state index in [0.29, 0.717) is 11.7 Å². The molecular formula is C20H17N3O2S. The van der Waals surface area contributed by atoms with Crippen molar-refractivity contribution in [2.75, 3.05) is 11.6 Å². The lowest BCUT2D eigenvalue weighted by Crippen LogP contribution is -1.98. The van der Waals surface area contributed by atoms with Crippen LogP contribution in [-0.4, -0.2) is 24.6 Å². The van der Waals surface area contributed by atoms with Gasteiger partial charge in [-0.15, -0.1) is 0 Å². The van der Waals surface area contributed by atoms with Gasteiger partial charge in [0.1, 0.15) is 11.5 Å². The molecule has 1 fully saturated rings. The molecule has 6 heteroatoms. The lowest BCUT2D eigenvalue weighted by Gasteiger charge is -2.08. The molecule has 1 aromatic carbocycles. The van der Waals surface area contributed by atoms with Crippen molar-refractivity contribution in [2.45, 2.75) is 17.7 Å². The molecule has 0 unspecified atom stereocenters. The quantitative estimate of drug-likeness (QED) is 0.721. The van der Waals surface area contributed by atoms with Crippen molar-refractivity contribution in [1.29, 1.82) is 0 Å². The van der Waals surface area contributed by atoms with Gasteiger partial charge in [0.25, 0.3) is 0 Å². The molecule has 0 bridgehead atoms. The number of fused-ring (bicyclic) bond motifs is 1.